The van der Waals surface area contributed by atoms with Gasteiger partial charge in [0.15, 0.2) is 5.13 Å². The van der Waals surface area contributed by atoms with Crippen LogP contribution in [0.25, 0.3) is 11.3 Å². The summed E-state index contributed by atoms with van der Waals surface area (Å²) in [5.41, 5.74) is 8.18. The third-order valence-corrected chi connectivity index (χ3v) is 6.24. The van der Waals surface area contributed by atoms with E-state index in [4.69, 9.17) is 5.73 Å². The molecule has 1 aromatic heterocycles. The fraction of sp³-hybridized carbons (Fsp3) is 0.522. The lowest BCUT2D eigenvalue weighted by atomic mass is 9.88. The predicted molar refractivity (Wildman–Crippen MR) is 123 cm³/mol. The molecule has 0 unspecified atom stereocenters. The third-order valence-electron chi connectivity index (χ3n) is 5.56. The molecule has 2 aromatic rings. The van der Waals surface area contributed by atoms with Crippen LogP contribution in [0.2, 0.25) is 0 Å². The summed E-state index contributed by atoms with van der Waals surface area (Å²) in [7, 11) is 0. The van der Waals surface area contributed by atoms with E-state index in [1.807, 2.05) is 29.6 Å². The minimum atomic E-state index is -0.159. The molecular formula is C23H32N4O2S. The van der Waals surface area contributed by atoms with Crippen LogP contribution < -0.4 is 11.1 Å². The molecule has 1 fully saturated rings. The average Bonchev–Trinajstić information content (AvgIpc) is 3.18. The SMILES string of the molecule is CC(C)CCN(CC(=O)Nc1ccc(-c2csc(N)n2)cc1)C(=O)C1CCCCC1. The van der Waals surface area contributed by atoms with Gasteiger partial charge in [-0.1, -0.05) is 45.2 Å². The quantitative estimate of drug-likeness (QED) is 0.633. The van der Waals surface area contributed by atoms with Crippen LogP contribution in [-0.4, -0.2) is 34.8 Å². The molecule has 3 N–H and O–H groups in total. The molecule has 0 bridgehead atoms. The van der Waals surface area contributed by atoms with Crippen LogP contribution in [0, 0.1) is 11.8 Å². The number of carbonyl (C=O) groups is 2. The topological polar surface area (TPSA) is 88.3 Å². The molecule has 3 rings (SSSR count). The van der Waals surface area contributed by atoms with Crippen molar-refractivity contribution in [1.82, 2.24) is 9.88 Å². The van der Waals surface area contributed by atoms with E-state index in [0.717, 1.165) is 43.4 Å². The van der Waals surface area contributed by atoms with Crippen molar-refractivity contribution < 1.29 is 9.59 Å². The summed E-state index contributed by atoms with van der Waals surface area (Å²) in [5.74, 6) is 0.543. The minimum Gasteiger partial charge on any atom is -0.375 e. The number of nitrogen functional groups attached to an aromatic ring is 1. The first-order chi connectivity index (χ1) is 14.4. The Bertz CT molecular complexity index is 841. The fourth-order valence-electron chi connectivity index (χ4n) is 3.81. The number of hydrogen-bond donors (Lipinski definition) is 2. The van der Waals surface area contributed by atoms with Gasteiger partial charge in [-0.25, -0.2) is 4.98 Å². The Hall–Kier alpha value is -2.41. The summed E-state index contributed by atoms with van der Waals surface area (Å²) in [5, 5.41) is 5.37. The van der Waals surface area contributed by atoms with Gasteiger partial charge in [0.25, 0.3) is 0 Å². The molecule has 1 saturated carbocycles. The maximum atomic E-state index is 13.0. The summed E-state index contributed by atoms with van der Waals surface area (Å²) >= 11 is 1.40. The van der Waals surface area contributed by atoms with Crippen LogP contribution in [0.4, 0.5) is 10.8 Å². The van der Waals surface area contributed by atoms with Crippen LogP contribution in [0.1, 0.15) is 52.4 Å². The van der Waals surface area contributed by atoms with E-state index in [1.54, 1.807) is 4.90 Å². The number of nitrogens with one attached hydrogen (secondary N) is 1. The van der Waals surface area contributed by atoms with E-state index in [1.165, 1.54) is 17.8 Å². The van der Waals surface area contributed by atoms with E-state index >= 15 is 0 Å². The number of nitrogens with two attached hydrogens (primary N) is 1. The molecule has 2 amide bonds. The highest BCUT2D eigenvalue weighted by atomic mass is 32.1. The zero-order chi connectivity index (χ0) is 21.5. The highest BCUT2D eigenvalue weighted by molar-refractivity contribution is 7.13. The number of anilines is 2. The van der Waals surface area contributed by atoms with Gasteiger partial charge in [-0.3, -0.25) is 9.59 Å². The van der Waals surface area contributed by atoms with Crippen LogP contribution in [-0.2, 0) is 9.59 Å². The highest BCUT2D eigenvalue weighted by Crippen LogP contribution is 2.26. The van der Waals surface area contributed by atoms with E-state index in [2.05, 4.69) is 24.1 Å². The second-order valence-corrected chi connectivity index (χ2v) is 9.36. The lowest BCUT2D eigenvalue weighted by molar-refractivity contribution is -0.139. The molecule has 0 saturated heterocycles. The Kier molecular flexibility index (Phi) is 7.85. The largest absolute Gasteiger partial charge is 0.375 e. The molecule has 7 heteroatoms. The molecule has 0 spiro atoms. The van der Waals surface area contributed by atoms with Crippen LogP contribution >= 0.6 is 11.3 Å². The number of nitrogens with zero attached hydrogens (tertiary/aromatic N) is 2. The van der Waals surface area contributed by atoms with Crippen molar-refractivity contribution in [2.24, 2.45) is 11.8 Å². The van der Waals surface area contributed by atoms with Crippen molar-refractivity contribution in [2.45, 2.75) is 52.4 Å². The molecule has 6 nitrogen and oxygen atoms in total. The highest BCUT2D eigenvalue weighted by Gasteiger charge is 2.27. The summed E-state index contributed by atoms with van der Waals surface area (Å²) < 4.78 is 0. The lowest BCUT2D eigenvalue weighted by Crippen LogP contribution is -2.42. The summed E-state index contributed by atoms with van der Waals surface area (Å²) in [6, 6.07) is 7.52. The van der Waals surface area contributed by atoms with Crippen LogP contribution in [0.5, 0.6) is 0 Å². The smallest absolute Gasteiger partial charge is 0.243 e. The Morgan fingerprint density at radius 3 is 2.50 bits per heavy atom. The van der Waals surface area contributed by atoms with E-state index in [0.29, 0.717) is 23.3 Å². The number of aromatic nitrogens is 1. The van der Waals surface area contributed by atoms with Crippen LogP contribution in [0.15, 0.2) is 29.6 Å². The van der Waals surface area contributed by atoms with Crippen molar-refractivity contribution in [3.05, 3.63) is 29.6 Å². The van der Waals surface area contributed by atoms with E-state index in [-0.39, 0.29) is 24.3 Å². The van der Waals surface area contributed by atoms with Gasteiger partial charge in [0.2, 0.25) is 11.8 Å². The van der Waals surface area contributed by atoms with Crippen molar-refractivity contribution >= 4 is 34.0 Å². The molecule has 0 radical (unpaired) electrons. The second kappa shape index (κ2) is 10.6. The Labute approximate surface area is 182 Å². The molecule has 0 aliphatic heterocycles. The molecule has 1 heterocycles. The summed E-state index contributed by atoms with van der Waals surface area (Å²) in [6.07, 6.45) is 6.22. The molecule has 0 atom stereocenters. The fourth-order valence-corrected chi connectivity index (χ4v) is 4.38. The number of benzene rings is 1. The number of rotatable bonds is 8. The lowest BCUT2D eigenvalue weighted by Gasteiger charge is -2.29. The molecular weight excluding hydrogens is 396 g/mol. The molecule has 1 aromatic carbocycles. The summed E-state index contributed by atoms with van der Waals surface area (Å²) in [4.78, 5) is 31.7. The van der Waals surface area contributed by atoms with Crippen molar-refractivity contribution in [1.29, 1.82) is 0 Å². The van der Waals surface area contributed by atoms with E-state index < -0.39 is 0 Å². The van der Waals surface area contributed by atoms with Crippen LogP contribution in [0.3, 0.4) is 0 Å². The van der Waals surface area contributed by atoms with Gasteiger partial charge in [0, 0.05) is 29.1 Å². The normalized spacial score (nSPS) is 14.6. The summed E-state index contributed by atoms with van der Waals surface area (Å²) in [6.45, 7) is 5.01. The monoisotopic (exact) mass is 428 g/mol. The maximum Gasteiger partial charge on any atom is 0.243 e. The molecule has 1 aliphatic carbocycles. The number of hydrogen-bond acceptors (Lipinski definition) is 5. The molecule has 1 aliphatic rings. The van der Waals surface area contributed by atoms with Crippen molar-refractivity contribution in [2.75, 3.05) is 24.1 Å². The first kappa shape index (κ1) is 22.3. The molecule has 162 valence electrons. The first-order valence-electron chi connectivity index (χ1n) is 10.8. The number of amides is 2. The minimum absolute atomic E-state index is 0.0727. The Balaban J connectivity index is 1.60. The second-order valence-electron chi connectivity index (χ2n) is 8.47. The molecule has 30 heavy (non-hydrogen) atoms. The van der Waals surface area contributed by atoms with Crippen molar-refractivity contribution in [3.63, 3.8) is 0 Å². The number of carbonyl (C=O) groups excluding carboxylic acids is 2. The van der Waals surface area contributed by atoms with Gasteiger partial charge in [-0.05, 0) is 37.3 Å². The van der Waals surface area contributed by atoms with Gasteiger partial charge < -0.3 is 16.0 Å². The van der Waals surface area contributed by atoms with Gasteiger partial charge in [-0.2, -0.15) is 0 Å². The first-order valence-corrected chi connectivity index (χ1v) is 11.7. The Morgan fingerprint density at radius 2 is 1.90 bits per heavy atom. The Morgan fingerprint density at radius 1 is 1.20 bits per heavy atom. The average molecular weight is 429 g/mol. The standard InChI is InChI=1S/C23H32N4O2S/c1-16(2)12-13-27(22(29)18-6-4-3-5-7-18)14-21(28)25-19-10-8-17(9-11-19)20-15-30-23(24)26-20/h8-11,15-16,18H,3-7,12-14H2,1-2H3,(H2,24,26)(H,25,28). The van der Waals surface area contributed by atoms with Gasteiger partial charge in [0.05, 0.1) is 12.2 Å². The third kappa shape index (κ3) is 6.29. The maximum absolute atomic E-state index is 13.0. The zero-order valence-electron chi connectivity index (χ0n) is 17.9. The van der Waals surface area contributed by atoms with Gasteiger partial charge in [0.1, 0.15) is 0 Å². The zero-order valence-corrected chi connectivity index (χ0v) is 18.7. The van der Waals surface area contributed by atoms with Crippen molar-refractivity contribution in [3.8, 4) is 11.3 Å². The van der Waals surface area contributed by atoms with Gasteiger partial charge in [-0.15, -0.1) is 11.3 Å². The van der Waals surface area contributed by atoms with Gasteiger partial charge >= 0.3 is 0 Å². The predicted octanol–water partition coefficient (Wildman–Crippen LogP) is 4.79. The van der Waals surface area contributed by atoms with E-state index in [9.17, 15) is 9.59 Å². The number of thiazole rings is 1.